The molecule has 0 aromatic heterocycles. The fourth-order valence-electron chi connectivity index (χ4n) is 1.83. The highest BCUT2D eigenvalue weighted by Gasteiger charge is 2.21. The fraction of sp³-hybridized carbons (Fsp3) is 0.538. The van der Waals surface area contributed by atoms with Crippen molar-refractivity contribution in [2.45, 2.75) is 31.6 Å². The smallest absolute Gasteiger partial charge is 0.155 e. The van der Waals surface area contributed by atoms with Crippen LogP contribution in [0.4, 0.5) is 0 Å². The molecule has 0 saturated heterocycles. The number of sulfone groups is 1. The summed E-state index contributed by atoms with van der Waals surface area (Å²) in [7, 11) is -2.98. The first-order valence-corrected chi connectivity index (χ1v) is 7.87. The van der Waals surface area contributed by atoms with Crippen LogP contribution in [0.5, 0.6) is 0 Å². The minimum absolute atomic E-state index is 0.154. The van der Waals surface area contributed by atoms with Crippen LogP contribution in [0, 0.1) is 6.92 Å². The van der Waals surface area contributed by atoms with Crippen molar-refractivity contribution in [1.82, 2.24) is 5.32 Å². The van der Waals surface area contributed by atoms with Crippen LogP contribution in [0.2, 0.25) is 0 Å². The molecule has 0 heterocycles. The quantitative estimate of drug-likeness (QED) is 0.838. The Morgan fingerprint density at radius 1 is 1.35 bits per heavy atom. The van der Waals surface area contributed by atoms with Gasteiger partial charge in [-0.15, -0.1) is 0 Å². The van der Waals surface area contributed by atoms with Gasteiger partial charge in [0.1, 0.15) is 0 Å². The molecule has 1 saturated carbocycles. The largest absolute Gasteiger partial charge is 0.313 e. The van der Waals surface area contributed by atoms with Crippen LogP contribution in [0.25, 0.3) is 0 Å². The normalized spacial score (nSPS) is 16.1. The molecule has 1 aliphatic rings. The second-order valence-corrected chi connectivity index (χ2v) is 6.99. The predicted molar refractivity (Wildman–Crippen MR) is 69.7 cm³/mol. The van der Waals surface area contributed by atoms with Crippen molar-refractivity contribution in [3.63, 3.8) is 0 Å². The minimum Gasteiger partial charge on any atom is -0.313 e. The zero-order chi connectivity index (χ0) is 12.3. The van der Waals surface area contributed by atoms with E-state index in [0.717, 1.165) is 11.1 Å². The van der Waals surface area contributed by atoms with Crippen LogP contribution < -0.4 is 5.32 Å². The van der Waals surface area contributed by atoms with Crippen LogP contribution in [0.1, 0.15) is 24.0 Å². The van der Waals surface area contributed by atoms with Crippen molar-refractivity contribution in [2.24, 2.45) is 0 Å². The van der Waals surface area contributed by atoms with E-state index in [0.29, 0.717) is 12.6 Å². The molecule has 0 aliphatic heterocycles. The van der Waals surface area contributed by atoms with Crippen molar-refractivity contribution < 1.29 is 8.42 Å². The van der Waals surface area contributed by atoms with E-state index >= 15 is 0 Å². The van der Waals surface area contributed by atoms with Gasteiger partial charge in [-0.3, -0.25) is 0 Å². The predicted octanol–water partition coefficient (Wildman–Crippen LogP) is 1.66. The Hall–Kier alpha value is -0.870. The molecular weight excluding hydrogens is 234 g/mol. The van der Waals surface area contributed by atoms with Gasteiger partial charge in [0.15, 0.2) is 9.84 Å². The summed E-state index contributed by atoms with van der Waals surface area (Å²) < 4.78 is 23.7. The highest BCUT2D eigenvalue weighted by molar-refractivity contribution is 7.90. The number of aryl methyl sites for hydroxylation is 1. The lowest BCUT2D eigenvalue weighted by Gasteiger charge is -2.06. The van der Waals surface area contributed by atoms with E-state index in [4.69, 9.17) is 0 Å². The maximum atomic E-state index is 11.9. The first-order valence-electron chi connectivity index (χ1n) is 6.04. The summed E-state index contributed by atoms with van der Waals surface area (Å²) in [6, 6.07) is 8.27. The third-order valence-electron chi connectivity index (χ3n) is 2.89. The Balaban J connectivity index is 1.86. The molecule has 1 aromatic rings. The van der Waals surface area contributed by atoms with Crippen molar-refractivity contribution in [1.29, 1.82) is 0 Å². The van der Waals surface area contributed by atoms with Crippen LogP contribution in [-0.2, 0) is 15.6 Å². The van der Waals surface area contributed by atoms with Crippen molar-refractivity contribution in [3.8, 4) is 0 Å². The summed E-state index contributed by atoms with van der Waals surface area (Å²) in [6.45, 7) is 2.56. The summed E-state index contributed by atoms with van der Waals surface area (Å²) in [4.78, 5) is 0. The van der Waals surface area contributed by atoms with Crippen LogP contribution in [-0.4, -0.2) is 26.8 Å². The Morgan fingerprint density at radius 2 is 2.12 bits per heavy atom. The zero-order valence-corrected chi connectivity index (χ0v) is 11.0. The van der Waals surface area contributed by atoms with E-state index in [1.54, 1.807) is 0 Å². The number of nitrogens with one attached hydrogen (secondary N) is 1. The first-order chi connectivity index (χ1) is 8.05. The molecule has 4 heteroatoms. The Morgan fingerprint density at radius 3 is 2.76 bits per heavy atom. The van der Waals surface area contributed by atoms with Crippen molar-refractivity contribution in [3.05, 3.63) is 35.4 Å². The molecule has 17 heavy (non-hydrogen) atoms. The number of hydrogen-bond donors (Lipinski definition) is 1. The van der Waals surface area contributed by atoms with Gasteiger partial charge in [-0.2, -0.15) is 0 Å². The van der Waals surface area contributed by atoms with Crippen LogP contribution in [0.15, 0.2) is 24.3 Å². The average Bonchev–Trinajstić information content (AvgIpc) is 3.00. The summed E-state index contributed by atoms with van der Waals surface area (Å²) in [5, 5.41) is 3.23. The Kier molecular flexibility index (Phi) is 3.84. The van der Waals surface area contributed by atoms with Crippen molar-refractivity contribution in [2.75, 3.05) is 12.3 Å². The summed E-state index contributed by atoms with van der Waals surface area (Å²) in [5.74, 6) is 0.387. The van der Waals surface area contributed by atoms with Gasteiger partial charge in [0.25, 0.3) is 0 Å². The second-order valence-electron chi connectivity index (χ2n) is 4.81. The number of hydrogen-bond acceptors (Lipinski definition) is 3. The molecule has 0 amide bonds. The Labute approximate surface area is 103 Å². The van der Waals surface area contributed by atoms with Crippen molar-refractivity contribution >= 4 is 9.84 Å². The average molecular weight is 253 g/mol. The third kappa shape index (κ3) is 4.48. The van der Waals surface area contributed by atoms with E-state index < -0.39 is 9.84 Å². The fourth-order valence-corrected chi connectivity index (χ4v) is 3.09. The molecule has 1 N–H and O–H groups in total. The standard InChI is InChI=1S/C13H19NO2S/c1-11-3-2-4-12(9-11)10-17(15,16)8-7-14-13-5-6-13/h2-4,9,13-14H,5-8,10H2,1H3. The molecule has 0 radical (unpaired) electrons. The number of benzene rings is 1. The summed E-state index contributed by atoms with van der Waals surface area (Å²) >= 11 is 0. The maximum Gasteiger partial charge on any atom is 0.155 e. The minimum atomic E-state index is -2.98. The lowest BCUT2D eigenvalue weighted by Crippen LogP contribution is -2.25. The van der Waals surface area contributed by atoms with Gasteiger partial charge in [-0.05, 0) is 25.3 Å². The van der Waals surface area contributed by atoms with Crippen LogP contribution >= 0.6 is 0 Å². The van der Waals surface area contributed by atoms with Crippen LogP contribution in [0.3, 0.4) is 0 Å². The molecule has 1 aliphatic carbocycles. The molecule has 3 nitrogen and oxygen atoms in total. The van der Waals surface area contributed by atoms with E-state index in [-0.39, 0.29) is 11.5 Å². The molecule has 0 bridgehead atoms. The lowest BCUT2D eigenvalue weighted by atomic mass is 10.2. The molecule has 1 fully saturated rings. The van der Waals surface area contributed by atoms with E-state index in [2.05, 4.69) is 5.32 Å². The maximum absolute atomic E-state index is 11.9. The topological polar surface area (TPSA) is 46.2 Å². The van der Waals surface area contributed by atoms with Gasteiger partial charge in [0, 0.05) is 12.6 Å². The van der Waals surface area contributed by atoms with Gasteiger partial charge >= 0.3 is 0 Å². The molecular formula is C13H19NO2S. The highest BCUT2D eigenvalue weighted by Crippen LogP contribution is 2.18. The molecule has 2 rings (SSSR count). The van der Waals surface area contributed by atoms with Gasteiger partial charge in [0.2, 0.25) is 0 Å². The molecule has 94 valence electrons. The molecule has 0 spiro atoms. The zero-order valence-electron chi connectivity index (χ0n) is 10.1. The molecule has 1 aromatic carbocycles. The summed E-state index contributed by atoms with van der Waals surface area (Å²) in [6.07, 6.45) is 2.38. The van der Waals surface area contributed by atoms with Gasteiger partial charge in [0.05, 0.1) is 11.5 Å². The number of rotatable bonds is 6. The van der Waals surface area contributed by atoms with E-state index in [1.807, 2.05) is 31.2 Å². The third-order valence-corrected chi connectivity index (χ3v) is 4.49. The molecule has 0 unspecified atom stereocenters. The monoisotopic (exact) mass is 253 g/mol. The van der Waals surface area contributed by atoms with Gasteiger partial charge in [-0.25, -0.2) is 8.42 Å². The van der Waals surface area contributed by atoms with E-state index in [9.17, 15) is 8.42 Å². The first kappa shape index (κ1) is 12.6. The van der Waals surface area contributed by atoms with Gasteiger partial charge in [-0.1, -0.05) is 29.8 Å². The molecule has 0 atom stereocenters. The second kappa shape index (κ2) is 5.19. The van der Waals surface area contributed by atoms with E-state index in [1.165, 1.54) is 12.8 Å². The highest BCUT2D eigenvalue weighted by atomic mass is 32.2. The lowest BCUT2D eigenvalue weighted by molar-refractivity contribution is 0.590. The summed E-state index contributed by atoms with van der Waals surface area (Å²) in [5.41, 5.74) is 1.99. The van der Waals surface area contributed by atoms with Gasteiger partial charge < -0.3 is 5.32 Å². The Bertz CT molecular complexity index is 478. The SMILES string of the molecule is Cc1cccc(CS(=O)(=O)CCNC2CC2)c1.